The van der Waals surface area contributed by atoms with Gasteiger partial charge in [0, 0.05) is 88.0 Å². The Morgan fingerprint density at radius 2 is 1.54 bits per heavy atom. The number of rotatable bonds is 18. The number of fused-ring (bicyclic) bond motifs is 5. The molecule has 0 aliphatic carbocycles. The van der Waals surface area contributed by atoms with Crippen LogP contribution in [0, 0.1) is 6.92 Å². The topological polar surface area (TPSA) is 153 Å². The van der Waals surface area contributed by atoms with Crippen LogP contribution in [0.25, 0.3) is 21.7 Å². The number of nitrogens with zero attached hydrogens (tertiary/aromatic N) is 3. The number of halogens is 1. The predicted molar refractivity (Wildman–Crippen MR) is 287 cm³/mol. The first-order valence-electron chi connectivity index (χ1n) is 24.4. The number of methoxy groups -OCH3 is 1. The number of ether oxygens (including phenoxy) is 1. The van der Waals surface area contributed by atoms with Crippen LogP contribution in [0.4, 0.5) is 11.4 Å². The summed E-state index contributed by atoms with van der Waals surface area (Å²) in [4.78, 5) is 42.7. The summed E-state index contributed by atoms with van der Waals surface area (Å²) in [7, 11) is -2.71. The summed E-state index contributed by atoms with van der Waals surface area (Å²) in [6.45, 7) is 14.6. The van der Waals surface area contributed by atoms with Crippen molar-refractivity contribution in [1.29, 1.82) is 0 Å². The van der Waals surface area contributed by atoms with Crippen LogP contribution in [0.5, 0.6) is 5.75 Å². The molecule has 374 valence electrons. The Labute approximate surface area is 427 Å². The molecule has 2 N–H and O–H groups in total. The molecule has 0 bridgehead atoms. The highest BCUT2D eigenvalue weighted by Crippen LogP contribution is 2.48. The minimum atomic E-state index is -4.28. The van der Waals surface area contributed by atoms with Crippen LogP contribution in [0.1, 0.15) is 85.8 Å². The molecule has 0 saturated carbocycles. The highest BCUT2D eigenvalue weighted by atomic mass is 35.5. The number of carbonyl (C=O) groups excluding carboxylic acids is 3. The number of allylic oxidation sites excluding steroid dienone is 6. The fourth-order valence-electron chi connectivity index (χ4n) is 10.5. The molecular weight excluding hydrogens is 946 g/mol. The number of unbranched alkanes of at least 4 members (excludes halogenated alkanes) is 1. The standard InChI is InChI=1S/C58H62ClN5O7S/c1-8-62-49-27-20-39(35-53(65)60-30-31-61-54(66)37-45-38(2)64(48-29-26-43(71-7)36-46(45)48)56(67)41-21-24-42(59)25-22-41)34-47(49)57(3,4)51(62)18-10-9-11-19-52-58(5,6)55-44-17-13-12-16-40(44)23-28-50(55)63(52)32-14-15-33-72(68,69)70/h9-13,16-29,34,36H,8,14-15,30-33,35,37H2,1-7H3,(H2-,60,61,65,66,68,69,70). The molecule has 2 amide bonds. The first-order chi connectivity index (χ1) is 34.3. The fourth-order valence-corrected chi connectivity index (χ4v) is 11.2. The zero-order valence-corrected chi connectivity index (χ0v) is 43.5. The van der Waals surface area contributed by atoms with Crippen LogP contribution in [0.15, 0.2) is 133 Å². The van der Waals surface area contributed by atoms with Crippen LogP contribution >= 0.6 is 11.6 Å². The number of amides is 2. The molecule has 0 atom stereocenters. The van der Waals surface area contributed by atoms with Crippen molar-refractivity contribution in [2.24, 2.45) is 0 Å². The van der Waals surface area contributed by atoms with Gasteiger partial charge in [-0.3, -0.25) is 19.0 Å². The van der Waals surface area contributed by atoms with E-state index in [1.54, 1.807) is 42.0 Å². The van der Waals surface area contributed by atoms with Crippen molar-refractivity contribution < 1.29 is 36.7 Å². The predicted octanol–water partition coefficient (Wildman–Crippen LogP) is 9.99. The Bertz CT molecular complexity index is 3350. The van der Waals surface area contributed by atoms with E-state index in [1.165, 1.54) is 10.9 Å². The molecule has 12 nitrogen and oxygen atoms in total. The van der Waals surface area contributed by atoms with Crippen LogP contribution in [-0.2, 0) is 43.4 Å². The molecule has 2 aliphatic heterocycles. The second-order valence-electron chi connectivity index (χ2n) is 19.5. The van der Waals surface area contributed by atoms with Gasteiger partial charge in [-0.05, 0) is 122 Å². The molecule has 0 fully saturated rings. The van der Waals surface area contributed by atoms with Crippen LogP contribution in [0.2, 0.25) is 5.02 Å². The lowest BCUT2D eigenvalue weighted by Gasteiger charge is -2.25. The number of carbonyl (C=O) groups is 3. The molecule has 8 rings (SSSR count). The number of likely N-dealkylation sites (N-methyl/N-ethyl adjacent to an activating group) is 1. The van der Waals surface area contributed by atoms with Crippen molar-refractivity contribution in [3.63, 3.8) is 0 Å². The van der Waals surface area contributed by atoms with E-state index in [4.69, 9.17) is 16.3 Å². The monoisotopic (exact) mass is 1010 g/mol. The van der Waals surface area contributed by atoms with Gasteiger partial charge in [-0.15, -0.1) is 0 Å². The molecule has 14 heteroatoms. The summed E-state index contributed by atoms with van der Waals surface area (Å²) in [5.74, 6) is -0.397. The van der Waals surface area contributed by atoms with Gasteiger partial charge < -0.3 is 24.8 Å². The van der Waals surface area contributed by atoms with Gasteiger partial charge in [-0.25, -0.2) is 8.42 Å². The molecule has 72 heavy (non-hydrogen) atoms. The third-order valence-electron chi connectivity index (χ3n) is 14.1. The minimum absolute atomic E-state index is 0.0288. The second-order valence-corrected chi connectivity index (χ2v) is 21.4. The number of aromatic nitrogens is 1. The van der Waals surface area contributed by atoms with E-state index < -0.39 is 10.1 Å². The van der Waals surface area contributed by atoms with Crippen molar-refractivity contribution in [3.05, 3.63) is 172 Å². The van der Waals surface area contributed by atoms with Crippen molar-refractivity contribution >= 4 is 78.2 Å². The first-order valence-corrected chi connectivity index (χ1v) is 26.4. The van der Waals surface area contributed by atoms with E-state index in [0.29, 0.717) is 52.5 Å². The minimum Gasteiger partial charge on any atom is -0.748 e. The maximum Gasteiger partial charge on any atom is 0.262 e. The molecule has 0 saturated heterocycles. The Hall–Kier alpha value is -6.80. The van der Waals surface area contributed by atoms with E-state index in [1.807, 2.05) is 37.3 Å². The Balaban J connectivity index is 0.900. The molecule has 3 heterocycles. The average Bonchev–Trinajstić information content (AvgIpc) is 3.84. The molecule has 6 aromatic rings. The third-order valence-corrected chi connectivity index (χ3v) is 15.1. The van der Waals surface area contributed by atoms with Gasteiger partial charge in [0.25, 0.3) is 5.91 Å². The summed E-state index contributed by atoms with van der Waals surface area (Å²) < 4.78 is 43.5. The molecule has 0 radical (unpaired) electrons. The van der Waals surface area contributed by atoms with E-state index in [2.05, 4.69) is 121 Å². The van der Waals surface area contributed by atoms with Crippen molar-refractivity contribution in [1.82, 2.24) is 15.2 Å². The lowest BCUT2D eigenvalue weighted by atomic mass is 9.79. The Kier molecular flexibility index (Phi) is 15.1. The second kappa shape index (κ2) is 21.1. The number of benzene rings is 5. The zero-order valence-electron chi connectivity index (χ0n) is 42.0. The van der Waals surface area contributed by atoms with Gasteiger partial charge in [0.2, 0.25) is 17.5 Å². The molecule has 1 aromatic heterocycles. The lowest BCUT2D eigenvalue weighted by Crippen LogP contribution is -2.36. The maximum atomic E-state index is 13.7. The average molecular weight is 1010 g/mol. The molecule has 0 spiro atoms. The highest BCUT2D eigenvalue weighted by Gasteiger charge is 2.45. The first kappa shape index (κ1) is 51.6. The maximum absolute atomic E-state index is 13.7. The van der Waals surface area contributed by atoms with Gasteiger partial charge in [0.05, 0.1) is 41.0 Å². The van der Waals surface area contributed by atoms with Gasteiger partial charge in [-0.2, -0.15) is 4.58 Å². The molecule has 0 unspecified atom stereocenters. The number of anilines is 1. The normalized spacial score (nSPS) is 15.6. The van der Waals surface area contributed by atoms with E-state index in [9.17, 15) is 27.4 Å². The smallest absolute Gasteiger partial charge is 0.262 e. The number of nitrogens with one attached hydrogen (secondary N) is 2. The van der Waals surface area contributed by atoms with Crippen LogP contribution < -0.4 is 20.3 Å². The zero-order chi connectivity index (χ0) is 51.5. The summed E-state index contributed by atoms with van der Waals surface area (Å²) in [5.41, 5.74) is 9.47. The summed E-state index contributed by atoms with van der Waals surface area (Å²) >= 11 is 6.08. The highest BCUT2D eigenvalue weighted by molar-refractivity contribution is 7.85. The fraction of sp³-hybridized carbons (Fsp3) is 0.310. The number of hydrogen-bond donors (Lipinski definition) is 2. The van der Waals surface area contributed by atoms with Gasteiger partial charge in [0.15, 0.2) is 5.71 Å². The summed E-state index contributed by atoms with van der Waals surface area (Å²) in [5, 5.41) is 9.50. The third kappa shape index (κ3) is 10.6. The van der Waals surface area contributed by atoms with Crippen LogP contribution in [0.3, 0.4) is 0 Å². The number of hydrogen-bond acceptors (Lipinski definition) is 8. The van der Waals surface area contributed by atoms with Gasteiger partial charge in [0.1, 0.15) is 12.3 Å². The molecular formula is C58H62ClN5O7S. The van der Waals surface area contributed by atoms with E-state index >= 15 is 0 Å². The quantitative estimate of drug-likeness (QED) is 0.0374. The SMILES string of the molecule is CCN1/C(=C/C=C/C=C/C2=[N+](CCCCS(=O)(=O)[O-])c3ccc4ccccc4c3C2(C)C)C(C)(C)c2cc(CC(=O)NCCNC(=O)Cc3c(C)n(C(=O)c4ccc(Cl)cc4)c4ccc(OC)cc34)ccc21. The van der Waals surface area contributed by atoms with Gasteiger partial charge >= 0.3 is 0 Å². The van der Waals surface area contributed by atoms with Crippen LogP contribution in [-0.4, -0.2) is 84.6 Å². The lowest BCUT2D eigenvalue weighted by molar-refractivity contribution is -0.438. The summed E-state index contributed by atoms with van der Waals surface area (Å²) in [6, 6.07) is 31.0. The largest absolute Gasteiger partial charge is 0.748 e. The van der Waals surface area contributed by atoms with E-state index in [0.717, 1.165) is 51.2 Å². The van der Waals surface area contributed by atoms with E-state index in [-0.39, 0.29) is 60.2 Å². The van der Waals surface area contributed by atoms with Crippen molar-refractivity contribution in [2.45, 2.75) is 78.1 Å². The Morgan fingerprint density at radius 1 is 0.819 bits per heavy atom. The van der Waals surface area contributed by atoms with Crippen molar-refractivity contribution in [2.75, 3.05) is 43.9 Å². The Morgan fingerprint density at radius 3 is 2.25 bits per heavy atom. The molecule has 2 aliphatic rings. The van der Waals surface area contributed by atoms with Crippen molar-refractivity contribution in [3.8, 4) is 5.75 Å². The molecule has 5 aromatic carbocycles. The summed E-state index contributed by atoms with van der Waals surface area (Å²) in [6.07, 6.45) is 11.5. The van der Waals surface area contributed by atoms with Gasteiger partial charge in [-0.1, -0.05) is 80.1 Å².